The van der Waals surface area contributed by atoms with Gasteiger partial charge in [-0.25, -0.2) is 13.4 Å². The van der Waals surface area contributed by atoms with Crippen LogP contribution in [-0.4, -0.2) is 86.5 Å². The van der Waals surface area contributed by atoms with Crippen molar-refractivity contribution in [3.8, 4) is 0 Å². The fourth-order valence-corrected chi connectivity index (χ4v) is 5.18. The van der Waals surface area contributed by atoms with Gasteiger partial charge in [0, 0.05) is 44.1 Å². The lowest BCUT2D eigenvalue weighted by atomic mass is 10.3. The average molecular weight is 414 g/mol. The van der Waals surface area contributed by atoms with Crippen LogP contribution in [0.1, 0.15) is 4.88 Å². The third kappa shape index (κ3) is 3.87. The summed E-state index contributed by atoms with van der Waals surface area (Å²) in [6.07, 6.45) is 1.24. The monoisotopic (exact) mass is 413 g/mol. The second-order valence-corrected chi connectivity index (χ2v) is 9.80. The summed E-state index contributed by atoms with van der Waals surface area (Å²) in [4.78, 5) is 14.6. The molecule has 1 N–H and O–H groups in total. The molecule has 0 amide bonds. The standard InChI is InChI=1S/C16H23N5O4S2/c1-27(23,24)21-4-2-20(3-5-21)16-17-13-10-12(11-22)26-14(13)15(18-16)19-6-8-25-9-7-19/h10,22H,2-9,11H2,1H3. The summed E-state index contributed by atoms with van der Waals surface area (Å²) in [5.74, 6) is 1.48. The van der Waals surface area contributed by atoms with Crippen LogP contribution in [0.5, 0.6) is 0 Å². The fraction of sp³-hybridized carbons (Fsp3) is 0.625. The first kappa shape index (κ1) is 18.8. The quantitative estimate of drug-likeness (QED) is 0.754. The summed E-state index contributed by atoms with van der Waals surface area (Å²) in [6.45, 7) is 4.79. The molecule has 11 heteroatoms. The fourth-order valence-electron chi connectivity index (χ4n) is 3.38. The van der Waals surface area contributed by atoms with Crippen LogP contribution in [0.25, 0.3) is 10.2 Å². The molecule has 2 fully saturated rings. The number of hydrogen-bond acceptors (Lipinski definition) is 9. The number of hydrogen-bond donors (Lipinski definition) is 1. The number of morpholine rings is 1. The molecule has 2 aliphatic heterocycles. The molecular formula is C16H23N5O4S2. The van der Waals surface area contributed by atoms with Gasteiger partial charge in [0.05, 0.1) is 36.3 Å². The smallest absolute Gasteiger partial charge is 0.228 e. The van der Waals surface area contributed by atoms with E-state index in [0.29, 0.717) is 45.3 Å². The highest BCUT2D eigenvalue weighted by Gasteiger charge is 2.27. The van der Waals surface area contributed by atoms with Crippen molar-refractivity contribution in [2.45, 2.75) is 6.61 Å². The Hall–Kier alpha value is -1.53. The van der Waals surface area contributed by atoms with E-state index in [-0.39, 0.29) is 6.61 Å². The number of fused-ring (bicyclic) bond motifs is 1. The first-order chi connectivity index (χ1) is 13.0. The molecule has 0 radical (unpaired) electrons. The van der Waals surface area contributed by atoms with E-state index in [1.165, 1.54) is 21.9 Å². The van der Waals surface area contributed by atoms with Crippen LogP contribution < -0.4 is 9.80 Å². The topological polar surface area (TPSA) is 99.1 Å². The third-order valence-corrected chi connectivity index (χ3v) is 7.26. The zero-order valence-corrected chi connectivity index (χ0v) is 16.8. The predicted octanol–water partition coefficient (Wildman–Crippen LogP) is 0.102. The lowest BCUT2D eigenvalue weighted by Crippen LogP contribution is -2.49. The second kappa shape index (κ2) is 7.47. The Bertz CT molecular complexity index is 918. The molecule has 0 aliphatic carbocycles. The number of anilines is 2. The van der Waals surface area contributed by atoms with E-state index in [9.17, 15) is 13.5 Å². The summed E-state index contributed by atoms with van der Waals surface area (Å²) < 4.78 is 31.4. The van der Waals surface area contributed by atoms with E-state index in [4.69, 9.17) is 14.7 Å². The van der Waals surface area contributed by atoms with Gasteiger partial charge in [0.15, 0.2) is 5.82 Å². The van der Waals surface area contributed by atoms with E-state index < -0.39 is 10.0 Å². The van der Waals surface area contributed by atoms with E-state index in [1.54, 1.807) is 0 Å². The van der Waals surface area contributed by atoms with Gasteiger partial charge in [0.1, 0.15) is 0 Å². The van der Waals surface area contributed by atoms with Crippen molar-refractivity contribution >= 4 is 43.3 Å². The van der Waals surface area contributed by atoms with Crippen LogP contribution in [0.4, 0.5) is 11.8 Å². The molecule has 27 heavy (non-hydrogen) atoms. The van der Waals surface area contributed by atoms with Crippen molar-refractivity contribution in [2.75, 3.05) is 68.5 Å². The van der Waals surface area contributed by atoms with Crippen molar-refractivity contribution < 1.29 is 18.3 Å². The molecule has 0 spiro atoms. The molecule has 2 saturated heterocycles. The molecule has 0 aromatic carbocycles. The molecule has 2 aliphatic rings. The number of piperazine rings is 1. The number of aliphatic hydroxyl groups excluding tert-OH is 1. The SMILES string of the molecule is CS(=O)(=O)N1CCN(c2nc(N3CCOCC3)c3sc(CO)cc3n2)CC1. The molecule has 9 nitrogen and oxygen atoms in total. The molecule has 2 aromatic heterocycles. The normalized spacial score (nSPS) is 19.8. The number of ether oxygens (including phenoxy) is 1. The number of aromatic nitrogens is 2. The van der Waals surface area contributed by atoms with Gasteiger partial charge in [0.2, 0.25) is 16.0 Å². The predicted molar refractivity (Wildman–Crippen MR) is 105 cm³/mol. The van der Waals surface area contributed by atoms with E-state index in [2.05, 4.69) is 4.90 Å². The first-order valence-electron chi connectivity index (χ1n) is 8.90. The van der Waals surface area contributed by atoms with E-state index in [1.807, 2.05) is 11.0 Å². The van der Waals surface area contributed by atoms with Gasteiger partial charge in [-0.05, 0) is 6.07 Å². The highest BCUT2D eigenvalue weighted by Crippen LogP contribution is 2.34. The molecule has 148 valence electrons. The maximum atomic E-state index is 11.7. The minimum absolute atomic E-state index is 0.0219. The molecule has 0 saturated carbocycles. The number of thiophene rings is 1. The molecular weight excluding hydrogens is 390 g/mol. The highest BCUT2D eigenvalue weighted by atomic mass is 32.2. The van der Waals surface area contributed by atoms with Gasteiger partial charge in [0.25, 0.3) is 0 Å². The summed E-state index contributed by atoms with van der Waals surface area (Å²) in [6, 6.07) is 1.90. The van der Waals surface area contributed by atoms with Gasteiger partial charge < -0.3 is 19.6 Å². The van der Waals surface area contributed by atoms with Crippen LogP contribution in [0.3, 0.4) is 0 Å². The van der Waals surface area contributed by atoms with Crippen LogP contribution >= 0.6 is 11.3 Å². The molecule has 4 heterocycles. The lowest BCUT2D eigenvalue weighted by molar-refractivity contribution is 0.122. The van der Waals surface area contributed by atoms with Crippen LogP contribution in [0.2, 0.25) is 0 Å². The molecule has 0 atom stereocenters. The maximum Gasteiger partial charge on any atom is 0.228 e. The average Bonchev–Trinajstić information content (AvgIpc) is 3.10. The summed E-state index contributed by atoms with van der Waals surface area (Å²) in [5, 5.41) is 9.52. The summed E-state index contributed by atoms with van der Waals surface area (Å²) in [5.41, 5.74) is 0.820. The Labute approximate surface area is 162 Å². The van der Waals surface area contributed by atoms with Crippen LogP contribution in [0, 0.1) is 0 Å². The van der Waals surface area contributed by atoms with Crippen molar-refractivity contribution in [2.24, 2.45) is 0 Å². The molecule has 0 bridgehead atoms. The Morgan fingerprint density at radius 3 is 2.44 bits per heavy atom. The Kier molecular flexibility index (Phi) is 5.21. The minimum Gasteiger partial charge on any atom is -0.391 e. The Morgan fingerprint density at radius 2 is 1.81 bits per heavy atom. The van der Waals surface area contributed by atoms with Gasteiger partial charge in [-0.1, -0.05) is 0 Å². The van der Waals surface area contributed by atoms with Gasteiger partial charge in [-0.3, -0.25) is 0 Å². The number of sulfonamides is 1. The lowest BCUT2D eigenvalue weighted by Gasteiger charge is -2.34. The maximum absolute atomic E-state index is 11.7. The van der Waals surface area contributed by atoms with E-state index in [0.717, 1.165) is 34.0 Å². The van der Waals surface area contributed by atoms with Crippen molar-refractivity contribution in [3.63, 3.8) is 0 Å². The van der Waals surface area contributed by atoms with E-state index >= 15 is 0 Å². The molecule has 4 rings (SSSR count). The zero-order valence-electron chi connectivity index (χ0n) is 15.2. The van der Waals surface area contributed by atoms with Gasteiger partial charge in [-0.2, -0.15) is 9.29 Å². The Morgan fingerprint density at radius 1 is 1.11 bits per heavy atom. The van der Waals surface area contributed by atoms with Gasteiger partial charge >= 0.3 is 0 Å². The van der Waals surface area contributed by atoms with Crippen LogP contribution in [-0.2, 0) is 21.4 Å². The Balaban J connectivity index is 1.67. The highest BCUT2D eigenvalue weighted by molar-refractivity contribution is 7.88. The number of aliphatic hydroxyl groups is 1. The number of rotatable bonds is 4. The van der Waals surface area contributed by atoms with Crippen LogP contribution in [0.15, 0.2) is 6.07 Å². The third-order valence-electron chi connectivity index (χ3n) is 4.85. The van der Waals surface area contributed by atoms with Crippen molar-refractivity contribution in [1.29, 1.82) is 0 Å². The summed E-state index contributed by atoms with van der Waals surface area (Å²) in [7, 11) is -3.17. The first-order valence-corrected chi connectivity index (χ1v) is 11.6. The van der Waals surface area contributed by atoms with Crippen molar-refractivity contribution in [1.82, 2.24) is 14.3 Å². The van der Waals surface area contributed by atoms with Gasteiger partial charge in [-0.15, -0.1) is 11.3 Å². The number of nitrogens with zero attached hydrogens (tertiary/aromatic N) is 5. The molecule has 2 aromatic rings. The summed E-state index contributed by atoms with van der Waals surface area (Å²) >= 11 is 1.51. The zero-order chi connectivity index (χ0) is 19.0. The molecule has 0 unspecified atom stereocenters. The van der Waals surface area contributed by atoms with Crippen molar-refractivity contribution in [3.05, 3.63) is 10.9 Å². The largest absolute Gasteiger partial charge is 0.391 e. The second-order valence-electron chi connectivity index (χ2n) is 6.68. The minimum atomic E-state index is -3.17.